The first kappa shape index (κ1) is 18.1. The van der Waals surface area contributed by atoms with Gasteiger partial charge in [0.15, 0.2) is 24.7 Å². The van der Waals surface area contributed by atoms with Gasteiger partial charge in [0.2, 0.25) is 0 Å². The Morgan fingerprint density at radius 3 is 2.57 bits per heavy atom. The number of non-ortho nitro benzene ring substituents is 1. The molecule has 0 aliphatic carbocycles. The van der Waals surface area contributed by atoms with Crippen LogP contribution in [0.3, 0.4) is 0 Å². The molecule has 2 atom stereocenters. The quantitative estimate of drug-likeness (QED) is 0.420. The molecule has 28 heavy (non-hydrogen) atoms. The largest absolute Gasteiger partial charge is 0.388 e. The van der Waals surface area contributed by atoms with Crippen molar-refractivity contribution in [3.8, 4) is 0 Å². The van der Waals surface area contributed by atoms with Gasteiger partial charge in [0.25, 0.3) is 5.69 Å². The zero-order valence-electron chi connectivity index (χ0n) is 15.1. The first-order valence-electron chi connectivity index (χ1n) is 9.12. The van der Waals surface area contributed by atoms with Crippen molar-refractivity contribution in [2.45, 2.75) is 25.6 Å². The number of pyridine rings is 1. The number of hydrogen-bond acceptors (Lipinski definition) is 4. The number of aromatic nitrogens is 2. The fraction of sp³-hybridized carbons (Fsp3) is 0.238. The second-order valence-electron chi connectivity index (χ2n) is 7.02. The molecule has 3 heterocycles. The van der Waals surface area contributed by atoms with Crippen molar-refractivity contribution < 1.29 is 19.4 Å². The molecule has 4 rings (SSSR count). The molecule has 142 valence electrons. The van der Waals surface area contributed by atoms with Crippen LogP contribution in [0, 0.1) is 16.0 Å². The van der Waals surface area contributed by atoms with Crippen LogP contribution >= 0.6 is 0 Å². The summed E-state index contributed by atoms with van der Waals surface area (Å²) < 4.78 is 3.85. The van der Waals surface area contributed by atoms with E-state index >= 15 is 0 Å². The third-order valence-corrected chi connectivity index (χ3v) is 5.25. The Kier molecular flexibility index (Phi) is 4.75. The van der Waals surface area contributed by atoms with Gasteiger partial charge in [-0.3, -0.25) is 14.9 Å². The molecular formula is C21H20N3O4+. The third-order valence-electron chi connectivity index (χ3n) is 5.25. The van der Waals surface area contributed by atoms with Gasteiger partial charge >= 0.3 is 0 Å². The first-order valence-corrected chi connectivity index (χ1v) is 9.12. The van der Waals surface area contributed by atoms with Crippen LogP contribution in [0.5, 0.6) is 0 Å². The Morgan fingerprint density at radius 1 is 1.18 bits per heavy atom. The summed E-state index contributed by atoms with van der Waals surface area (Å²) in [7, 11) is 0. The Bertz CT molecular complexity index is 1010. The number of hydrogen-bond donors (Lipinski definition) is 1. The standard InChI is InChI=1S/C21H20N3O4/c25-20(18-9-13-23-10-1-2-19(23)21(18)26)16-7-11-22(12-8-16)14-15-3-5-17(6-4-15)24(27)28/h1-8,10-12,18,20,25H,9,13-14H2/q+1/t18-,20-/m0/s1. The molecular weight excluding hydrogens is 358 g/mol. The summed E-state index contributed by atoms with van der Waals surface area (Å²) in [5, 5.41) is 21.5. The zero-order chi connectivity index (χ0) is 19.7. The number of carbonyl (C=O) groups excluding carboxylic acids is 1. The molecule has 0 saturated carbocycles. The Labute approximate surface area is 161 Å². The molecule has 0 bridgehead atoms. The third kappa shape index (κ3) is 3.44. The van der Waals surface area contributed by atoms with Crippen molar-refractivity contribution in [2.24, 2.45) is 5.92 Å². The van der Waals surface area contributed by atoms with Gasteiger partial charge in [-0.1, -0.05) is 0 Å². The van der Waals surface area contributed by atoms with Crippen molar-refractivity contribution >= 4 is 11.5 Å². The molecule has 7 nitrogen and oxygen atoms in total. The molecule has 1 N–H and O–H groups in total. The highest BCUT2D eigenvalue weighted by molar-refractivity contribution is 5.97. The first-order chi connectivity index (χ1) is 13.5. The summed E-state index contributed by atoms with van der Waals surface area (Å²) in [5.74, 6) is -0.459. The van der Waals surface area contributed by atoms with Gasteiger partial charge in [0.1, 0.15) is 0 Å². The van der Waals surface area contributed by atoms with E-state index in [1.807, 2.05) is 45.9 Å². The molecule has 2 aromatic heterocycles. The maximum atomic E-state index is 12.6. The van der Waals surface area contributed by atoms with E-state index in [0.29, 0.717) is 24.2 Å². The molecule has 0 fully saturated rings. The fourth-order valence-corrected chi connectivity index (χ4v) is 3.67. The summed E-state index contributed by atoms with van der Waals surface area (Å²) in [6.07, 6.45) is 5.34. The van der Waals surface area contributed by atoms with E-state index in [-0.39, 0.29) is 11.5 Å². The number of aliphatic hydroxyl groups is 1. The van der Waals surface area contributed by atoms with Gasteiger partial charge in [0, 0.05) is 42.6 Å². The lowest BCUT2D eigenvalue weighted by Crippen LogP contribution is -2.34. The van der Waals surface area contributed by atoms with Gasteiger partial charge in [-0.05, 0) is 36.2 Å². The number of nitrogens with zero attached hydrogens (tertiary/aromatic N) is 3. The lowest BCUT2D eigenvalue weighted by atomic mass is 9.86. The highest BCUT2D eigenvalue weighted by atomic mass is 16.6. The number of aliphatic hydroxyl groups excluding tert-OH is 1. The maximum Gasteiger partial charge on any atom is 0.269 e. The predicted molar refractivity (Wildman–Crippen MR) is 101 cm³/mol. The van der Waals surface area contributed by atoms with Crippen LogP contribution in [0.15, 0.2) is 67.1 Å². The van der Waals surface area contributed by atoms with E-state index < -0.39 is 16.9 Å². The van der Waals surface area contributed by atoms with Crippen LogP contribution in [0.25, 0.3) is 0 Å². The lowest BCUT2D eigenvalue weighted by molar-refractivity contribution is -0.688. The minimum Gasteiger partial charge on any atom is -0.388 e. The molecule has 1 aromatic carbocycles. The fourth-order valence-electron chi connectivity index (χ4n) is 3.67. The number of nitro benzene ring substituents is 1. The van der Waals surface area contributed by atoms with Crippen molar-refractivity contribution in [2.75, 3.05) is 0 Å². The maximum absolute atomic E-state index is 12.6. The number of fused-ring (bicyclic) bond motifs is 1. The van der Waals surface area contributed by atoms with E-state index in [4.69, 9.17) is 0 Å². The molecule has 1 aliphatic rings. The summed E-state index contributed by atoms with van der Waals surface area (Å²) in [5.41, 5.74) is 2.36. The predicted octanol–water partition coefficient (Wildman–Crippen LogP) is 2.67. The molecule has 7 heteroatoms. The van der Waals surface area contributed by atoms with E-state index in [0.717, 1.165) is 12.1 Å². The number of Topliss-reactive ketones (excluding diaryl/α,β-unsaturated/α-hetero) is 1. The molecule has 3 aromatic rings. The van der Waals surface area contributed by atoms with E-state index in [2.05, 4.69) is 0 Å². The highest BCUT2D eigenvalue weighted by Gasteiger charge is 2.33. The number of aryl methyl sites for hydroxylation is 1. The summed E-state index contributed by atoms with van der Waals surface area (Å²) in [6, 6.07) is 13.7. The second kappa shape index (κ2) is 7.36. The second-order valence-corrected chi connectivity index (χ2v) is 7.02. The number of benzene rings is 1. The van der Waals surface area contributed by atoms with E-state index in [9.17, 15) is 20.0 Å². The van der Waals surface area contributed by atoms with Gasteiger partial charge in [0.05, 0.1) is 22.6 Å². The van der Waals surface area contributed by atoms with E-state index in [1.165, 1.54) is 12.1 Å². The molecule has 0 radical (unpaired) electrons. The van der Waals surface area contributed by atoms with Crippen molar-refractivity contribution in [3.63, 3.8) is 0 Å². The highest BCUT2D eigenvalue weighted by Crippen LogP contribution is 2.31. The number of rotatable bonds is 5. The van der Waals surface area contributed by atoms with Crippen LogP contribution in [0.1, 0.15) is 34.1 Å². The smallest absolute Gasteiger partial charge is 0.269 e. The van der Waals surface area contributed by atoms with Crippen molar-refractivity contribution in [1.29, 1.82) is 0 Å². The average molecular weight is 378 g/mol. The van der Waals surface area contributed by atoms with Crippen LogP contribution < -0.4 is 4.57 Å². The summed E-state index contributed by atoms with van der Waals surface area (Å²) in [6.45, 7) is 1.28. The lowest BCUT2D eigenvalue weighted by Gasteiger charge is -2.27. The van der Waals surface area contributed by atoms with Gasteiger partial charge in [-0.2, -0.15) is 0 Å². The van der Waals surface area contributed by atoms with Crippen molar-refractivity contribution in [3.05, 3.63) is 94.1 Å². The number of nitro groups is 1. The SMILES string of the molecule is O=C1c2cccn2CC[C@H]1[C@@H](O)c1cc[n+](Cc2ccc([N+](=O)[O-])cc2)cc1. The van der Waals surface area contributed by atoms with Crippen LogP contribution in [-0.2, 0) is 13.1 Å². The Balaban J connectivity index is 1.45. The van der Waals surface area contributed by atoms with Crippen molar-refractivity contribution in [1.82, 2.24) is 4.57 Å². The monoisotopic (exact) mass is 378 g/mol. The van der Waals surface area contributed by atoms with Gasteiger partial charge in [-0.15, -0.1) is 0 Å². The van der Waals surface area contributed by atoms with Gasteiger partial charge in [-0.25, -0.2) is 4.57 Å². The van der Waals surface area contributed by atoms with E-state index in [1.54, 1.807) is 18.2 Å². The summed E-state index contributed by atoms with van der Waals surface area (Å²) >= 11 is 0. The minimum atomic E-state index is -0.842. The molecule has 1 aliphatic heterocycles. The Morgan fingerprint density at radius 2 is 1.89 bits per heavy atom. The molecule has 0 amide bonds. The average Bonchev–Trinajstić information content (AvgIpc) is 3.19. The molecule has 0 saturated heterocycles. The van der Waals surface area contributed by atoms with Crippen LogP contribution in [0.4, 0.5) is 5.69 Å². The zero-order valence-corrected chi connectivity index (χ0v) is 15.1. The topological polar surface area (TPSA) is 89.2 Å². The minimum absolute atomic E-state index is 0.0219. The normalized spacial score (nSPS) is 17.2. The van der Waals surface area contributed by atoms with Gasteiger partial charge < -0.3 is 9.67 Å². The van der Waals surface area contributed by atoms with Crippen LogP contribution in [-0.4, -0.2) is 20.4 Å². The number of ketones is 1. The molecule has 0 unspecified atom stereocenters. The molecule has 0 spiro atoms. The van der Waals surface area contributed by atoms with Crippen LogP contribution in [0.2, 0.25) is 0 Å². The Hall–Kier alpha value is -3.32. The summed E-state index contributed by atoms with van der Waals surface area (Å²) in [4.78, 5) is 23.0. The number of carbonyl (C=O) groups is 1.